The van der Waals surface area contributed by atoms with E-state index in [0.717, 1.165) is 10.9 Å². The Balaban J connectivity index is 0.000000204. The lowest BCUT2D eigenvalue weighted by molar-refractivity contribution is 0.0600. The second kappa shape index (κ2) is 8.55. The molecular formula is C13H10Br2N2O3. The van der Waals surface area contributed by atoms with Crippen LogP contribution in [-0.2, 0) is 4.74 Å². The van der Waals surface area contributed by atoms with Gasteiger partial charge in [-0.15, -0.1) is 0 Å². The van der Waals surface area contributed by atoms with Crippen molar-refractivity contribution in [1.29, 1.82) is 0 Å². The first kappa shape index (κ1) is 16.5. The van der Waals surface area contributed by atoms with Crippen molar-refractivity contribution in [1.82, 2.24) is 9.97 Å². The molecule has 0 spiro atoms. The lowest BCUT2D eigenvalue weighted by Crippen LogP contribution is -2.00. The highest BCUT2D eigenvalue weighted by Gasteiger charge is 2.03. The lowest BCUT2D eigenvalue weighted by atomic mass is 10.3. The average Bonchev–Trinajstić information content (AvgIpc) is 2.49. The molecule has 5 nitrogen and oxygen atoms in total. The maximum Gasteiger partial charge on any atom is 0.339 e. The van der Waals surface area contributed by atoms with Crippen LogP contribution in [0.1, 0.15) is 20.7 Å². The first-order valence-electron chi connectivity index (χ1n) is 5.33. The maximum absolute atomic E-state index is 10.8. The van der Waals surface area contributed by atoms with E-state index in [0.29, 0.717) is 15.7 Å². The molecule has 7 heteroatoms. The molecule has 0 amide bonds. The summed E-state index contributed by atoms with van der Waals surface area (Å²) >= 11 is 6.30. The van der Waals surface area contributed by atoms with Crippen LogP contribution in [-0.4, -0.2) is 29.3 Å². The van der Waals surface area contributed by atoms with Gasteiger partial charge in [-0.05, 0) is 56.1 Å². The van der Waals surface area contributed by atoms with Gasteiger partial charge in [0.2, 0.25) is 0 Å². The molecule has 2 aromatic heterocycles. The van der Waals surface area contributed by atoms with Crippen molar-refractivity contribution >= 4 is 44.1 Å². The van der Waals surface area contributed by atoms with Gasteiger partial charge in [0.05, 0.1) is 12.7 Å². The molecule has 0 saturated carbocycles. The van der Waals surface area contributed by atoms with Crippen molar-refractivity contribution in [2.45, 2.75) is 0 Å². The number of nitrogens with zero attached hydrogens (tertiary/aromatic N) is 2. The summed E-state index contributed by atoms with van der Waals surface area (Å²) in [5.41, 5.74) is 1.05. The van der Waals surface area contributed by atoms with Gasteiger partial charge in [0.25, 0.3) is 0 Å². The smallest absolute Gasteiger partial charge is 0.339 e. The van der Waals surface area contributed by atoms with Gasteiger partial charge in [0, 0.05) is 18.0 Å². The third-order valence-corrected chi connectivity index (χ3v) is 2.97. The van der Waals surface area contributed by atoms with Crippen LogP contribution in [0.5, 0.6) is 0 Å². The number of ether oxygens (including phenoxy) is 1. The molecule has 0 aromatic carbocycles. The molecular weight excluding hydrogens is 392 g/mol. The number of esters is 1. The fraction of sp³-hybridized carbons (Fsp3) is 0.0769. The number of pyridine rings is 2. The van der Waals surface area contributed by atoms with E-state index < -0.39 is 0 Å². The summed E-state index contributed by atoms with van der Waals surface area (Å²) < 4.78 is 5.92. The molecule has 0 aliphatic heterocycles. The standard InChI is InChI=1S/C7H6BrNO2.C6H4BrNO/c1-11-7(10)5-2-3-6(8)9-4-5;7-6-2-1-5(4-9)3-8-6/h2-4H,1H3;1-4H. The minimum absolute atomic E-state index is 0.370. The minimum Gasteiger partial charge on any atom is -0.465 e. The Labute approximate surface area is 132 Å². The summed E-state index contributed by atoms with van der Waals surface area (Å²) in [6.45, 7) is 0. The Bertz CT molecular complexity index is 571. The van der Waals surface area contributed by atoms with Crippen LogP contribution in [0.25, 0.3) is 0 Å². The first-order chi connectivity index (χ1) is 9.56. The molecule has 2 rings (SSSR count). The number of hydrogen-bond donors (Lipinski definition) is 0. The Hall–Kier alpha value is -1.60. The van der Waals surface area contributed by atoms with Crippen molar-refractivity contribution in [2.24, 2.45) is 0 Å². The lowest BCUT2D eigenvalue weighted by Gasteiger charge is -1.96. The number of carbonyl (C=O) groups excluding carboxylic acids is 2. The van der Waals surface area contributed by atoms with E-state index in [2.05, 4.69) is 46.6 Å². The van der Waals surface area contributed by atoms with Crippen LogP contribution in [0.15, 0.2) is 45.9 Å². The number of hydrogen-bond acceptors (Lipinski definition) is 5. The van der Waals surface area contributed by atoms with Gasteiger partial charge < -0.3 is 4.74 Å². The highest BCUT2D eigenvalue weighted by atomic mass is 79.9. The maximum atomic E-state index is 10.8. The molecule has 0 unspecified atom stereocenters. The second-order valence-electron chi connectivity index (χ2n) is 3.39. The third-order valence-electron chi connectivity index (χ3n) is 2.03. The minimum atomic E-state index is -0.370. The van der Waals surface area contributed by atoms with Crippen LogP contribution < -0.4 is 0 Å². The first-order valence-corrected chi connectivity index (χ1v) is 6.92. The van der Waals surface area contributed by atoms with Crippen molar-refractivity contribution < 1.29 is 14.3 Å². The highest BCUT2D eigenvalue weighted by Crippen LogP contribution is 2.06. The van der Waals surface area contributed by atoms with Gasteiger partial charge in [0.1, 0.15) is 9.21 Å². The molecule has 0 radical (unpaired) electrons. The van der Waals surface area contributed by atoms with E-state index in [1.807, 2.05) is 0 Å². The largest absolute Gasteiger partial charge is 0.465 e. The van der Waals surface area contributed by atoms with E-state index in [4.69, 9.17) is 0 Å². The number of halogens is 2. The summed E-state index contributed by atoms with van der Waals surface area (Å²) in [4.78, 5) is 28.6. The van der Waals surface area contributed by atoms with E-state index in [1.165, 1.54) is 19.5 Å². The van der Waals surface area contributed by atoms with Gasteiger partial charge in [-0.1, -0.05) is 0 Å². The SMILES string of the molecule is COC(=O)c1ccc(Br)nc1.O=Cc1ccc(Br)nc1. The Kier molecular flexibility index (Phi) is 7.03. The van der Waals surface area contributed by atoms with E-state index in [9.17, 15) is 9.59 Å². The molecule has 0 N–H and O–H groups in total. The summed E-state index contributed by atoms with van der Waals surface area (Å²) in [7, 11) is 1.34. The molecule has 2 heterocycles. The summed E-state index contributed by atoms with van der Waals surface area (Å²) in [5.74, 6) is -0.370. The zero-order valence-electron chi connectivity index (χ0n) is 10.4. The van der Waals surface area contributed by atoms with E-state index in [-0.39, 0.29) is 5.97 Å². The number of rotatable bonds is 2. The van der Waals surface area contributed by atoms with Crippen LogP contribution >= 0.6 is 31.9 Å². The summed E-state index contributed by atoms with van der Waals surface area (Å²) in [5, 5.41) is 0. The molecule has 20 heavy (non-hydrogen) atoms. The van der Waals surface area contributed by atoms with Crippen LogP contribution in [0, 0.1) is 0 Å². The quantitative estimate of drug-likeness (QED) is 0.438. The van der Waals surface area contributed by atoms with Crippen LogP contribution in [0.3, 0.4) is 0 Å². The number of aromatic nitrogens is 2. The zero-order chi connectivity index (χ0) is 15.0. The van der Waals surface area contributed by atoms with Crippen LogP contribution in [0.4, 0.5) is 0 Å². The number of carbonyl (C=O) groups is 2. The predicted molar refractivity (Wildman–Crippen MR) is 80.6 cm³/mol. The average molecular weight is 402 g/mol. The molecule has 0 saturated heterocycles. The molecule has 0 atom stereocenters. The highest BCUT2D eigenvalue weighted by molar-refractivity contribution is 9.10. The molecule has 0 aliphatic rings. The van der Waals surface area contributed by atoms with E-state index >= 15 is 0 Å². The van der Waals surface area contributed by atoms with Crippen molar-refractivity contribution in [2.75, 3.05) is 7.11 Å². The number of methoxy groups -OCH3 is 1. The molecule has 104 valence electrons. The molecule has 0 aliphatic carbocycles. The number of aldehydes is 1. The van der Waals surface area contributed by atoms with Gasteiger partial charge in [-0.3, -0.25) is 4.79 Å². The summed E-state index contributed by atoms with van der Waals surface area (Å²) in [6, 6.07) is 6.75. The Morgan fingerprint density at radius 3 is 2.10 bits per heavy atom. The van der Waals surface area contributed by atoms with Gasteiger partial charge in [0.15, 0.2) is 6.29 Å². The normalized spacial score (nSPS) is 9.15. The Morgan fingerprint density at radius 2 is 1.70 bits per heavy atom. The van der Waals surface area contributed by atoms with Crippen molar-refractivity contribution in [3.63, 3.8) is 0 Å². The predicted octanol–water partition coefficient (Wildman–Crippen LogP) is 3.29. The molecule has 2 aromatic rings. The topological polar surface area (TPSA) is 69.2 Å². The summed E-state index contributed by atoms with van der Waals surface area (Å²) in [6.07, 6.45) is 3.73. The Morgan fingerprint density at radius 1 is 1.10 bits per heavy atom. The molecule has 0 fully saturated rings. The van der Waals surface area contributed by atoms with Crippen molar-refractivity contribution in [3.05, 3.63) is 57.0 Å². The zero-order valence-corrected chi connectivity index (χ0v) is 13.6. The van der Waals surface area contributed by atoms with Gasteiger partial charge >= 0.3 is 5.97 Å². The van der Waals surface area contributed by atoms with Crippen LogP contribution in [0.2, 0.25) is 0 Å². The third kappa shape index (κ3) is 5.58. The van der Waals surface area contributed by atoms with Gasteiger partial charge in [-0.2, -0.15) is 0 Å². The van der Waals surface area contributed by atoms with Gasteiger partial charge in [-0.25, -0.2) is 14.8 Å². The fourth-order valence-electron chi connectivity index (χ4n) is 1.07. The van der Waals surface area contributed by atoms with Crippen molar-refractivity contribution in [3.8, 4) is 0 Å². The molecule has 0 bridgehead atoms. The monoisotopic (exact) mass is 400 g/mol. The fourth-order valence-corrected chi connectivity index (χ4v) is 1.54. The second-order valence-corrected chi connectivity index (χ2v) is 5.02. The van der Waals surface area contributed by atoms with E-state index in [1.54, 1.807) is 24.3 Å².